The van der Waals surface area contributed by atoms with Crippen LogP contribution >= 0.6 is 0 Å². The second kappa shape index (κ2) is 8.71. The van der Waals surface area contributed by atoms with Crippen LogP contribution in [0.4, 0.5) is 0 Å². The van der Waals surface area contributed by atoms with Crippen LogP contribution in [0.15, 0.2) is 29.2 Å². The van der Waals surface area contributed by atoms with Gasteiger partial charge in [0.05, 0.1) is 4.90 Å². The number of sulfonamides is 1. The largest absolute Gasteiger partial charge is 0.352 e. The number of rotatable bonds is 6. The van der Waals surface area contributed by atoms with Crippen molar-refractivity contribution in [2.45, 2.75) is 49.5 Å². The minimum Gasteiger partial charge on any atom is -0.352 e. The third-order valence-corrected chi connectivity index (χ3v) is 7.77. The minimum absolute atomic E-state index is 0.137. The number of carbonyl (C=O) groups is 1. The molecule has 1 aromatic carbocycles. The van der Waals surface area contributed by atoms with E-state index >= 15 is 0 Å². The van der Waals surface area contributed by atoms with E-state index in [9.17, 15) is 13.2 Å². The molecule has 2 aliphatic rings. The molecule has 0 unspecified atom stereocenters. The number of hydrogen-bond donors (Lipinski definition) is 1. The van der Waals surface area contributed by atoms with Crippen molar-refractivity contribution in [3.63, 3.8) is 0 Å². The van der Waals surface area contributed by atoms with Crippen LogP contribution in [0.5, 0.6) is 0 Å². The lowest BCUT2D eigenvalue weighted by Crippen LogP contribution is -2.42. The van der Waals surface area contributed by atoms with Gasteiger partial charge >= 0.3 is 0 Å². The summed E-state index contributed by atoms with van der Waals surface area (Å²) < 4.78 is 25.3. The van der Waals surface area contributed by atoms with Crippen LogP contribution in [0.2, 0.25) is 0 Å². The van der Waals surface area contributed by atoms with E-state index in [0.717, 1.165) is 32.0 Å². The molecule has 7 heteroatoms. The van der Waals surface area contributed by atoms with E-state index in [4.69, 9.17) is 0 Å². The Bertz CT molecular complexity index is 732. The van der Waals surface area contributed by atoms with Gasteiger partial charge in [0, 0.05) is 32.2 Å². The predicted molar refractivity (Wildman–Crippen MR) is 106 cm³/mol. The van der Waals surface area contributed by atoms with Crippen LogP contribution in [0.25, 0.3) is 0 Å². The fourth-order valence-corrected chi connectivity index (χ4v) is 5.02. The molecule has 1 amide bonds. The monoisotopic (exact) mass is 393 g/mol. The summed E-state index contributed by atoms with van der Waals surface area (Å²) in [7, 11) is -0.476. The van der Waals surface area contributed by atoms with E-state index < -0.39 is 10.0 Å². The van der Waals surface area contributed by atoms with Gasteiger partial charge in [0.1, 0.15) is 0 Å². The van der Waals surface area contributed by atoms with Crippen molar-refractivity contribution in [3.05, 3.63) is 29.8 Å². The molecule has 1 aromatic rings. The Morgan fingerprint density at radius 2 is 1.67 bits per heavy atom. The first-order valence-corrected chi connectivity index (χ1v) is 11.4. The quantitative estimate of drug-likeness (QED) is 0.805. The second-order valence-electron chi connectivity index (χ2n) is 7.94. The number of nitrogens with one attached hydrogen (secondary N) is 1. The number of piperidine rings is 1. The molecule has 1 saturated heterocycles. The zero-order valence-corrected chi connectivity index (χ0v) is 17.2. The van der Waals surface area contributed by atoms with Gasteiger partial charge in [-0.15, -0.1) is 0 Å². The number of hydrogen-bond acceptors (Lipinski definition) is 4. The highest BCUT2D eigenvalue weighted by Crippen LogP contribution is 2.27. The first-order valence-electron chi connectivity index (χ1n) is 9.93. The Labute approximate surface area is 163 Å². The summed E-state index contributed by atoms with van der Waals surface area (Å²) in [5, 5.41) is 3.02. The molecule has 0 atom stereocenters. The van der Waals surface area contributed by atoms with Gasteiger partial charge in [0.25, 0.3) is 5.91 Å². The van der Waals surface area contributed by atoms with Crippen LogP contribution < -0.4 is 5.32 Å². The molecular formula is C20H31N3O3S. The van der Waals surface area contributed by atoms with Crippen LogP contribution in [0.3, 0.4) is 0 Å². The van der Waals surface area contributed by atoms with Crippen LogP contribution in [-0.4, -0.2) is 63.3 Å². The molecule has 1 N–H and O–H groups in total. The maximum atomic E-state index is 12.4. The number of benzene rings is 1. The molecule has 1 aliphatic heterocycles. The average Bonchev–Trinajstić information content (AvgIpc) is 3.21. The molecule has 0 spiro atoms. The van der Waals surface area contributed by atoms with Crippen molar-refractivity contribution in [1.82, 2.24) is 14.5 Å². The summed E-state index contributed by atoms with van der Waals surface area (Å²) in [4.78, 5) is 15.2. The number of carbonyl (C=O) groups excluding carboxylic acids is 1. The Morgan fingerprint density at radius 3 is 2.22 bits per heavy atom. The van der Waals surface area contributed by atoms with E-state index in [-0.39, 0.29) is 10.8 Å². The highest BCUT2D eigenvalue weighted by molar-refractivity contribution is 7.89. The summed E-state index contributed by atoms with van der Waals surface area (Å²) in [6, 6.07) is 6.93. The SMILES string of the molecule is CN(C)S(=O)(=O)c1ccc(C(=O)NCC2CCN(C3CCCC3)CC2)cc1. The van der Waals surface area contributed by atoms with E-state index in [0.29, 0.717) is 18.0 Å². The van der Waals surface area contributed by atoms with E-state index in [1.807, 2.05) is 0 Å². The van der Waals surface area contributed by atoms with Gasteiger partial charge in [0.15, 0.2) is 0 Å². The molecule has 0 radical (unpaired) electrons. The molecule has 27 heavy (non-hydrogen) atoms. The smallest absolute Gasteiger partial charge is 0.251 e. The van der Waals surface area contributed by atoms with Gasteiger partial charge in [-0.3, -0.25) is 4.79 Å². The molecule has 0 aromatic heterocycles. The summed E-state index contributed by atoms with van der Waals surface area (Å²) in [5.41, 5.74) is 0.496. The summed E-state index contributed by atoms with van der Waals surface area (Å²) in [6.45, 7) is 2.97. The third kappa shape index (κ3) is 4.89. The van der Waals surface area contributed by atoms with Crippen molar-refractivity contribution in [2.75, 3.05) is 33.7 Å². The first-order chi connectivity index (χ1) is 12.9. The van der Waals surface area contributed by atoms with Gasteiger partial charge in [-0.2, -0.15) is 0 Å². The highest BCUT2D eigenvalue weighted by Gasteiger charge is 2.27. The van der Waals surface area contributed by atoms with Gasteiger partial charge < -0.3 is 10.2 Å². The van der Waals surface area contributed by atoms with E-state index in [1.165, 1.54) is 56.2 Å². The molecule has 6 nitrogen and oxygen atoms in total. The van der Waals surface area contributed by atoms with Crippen molar-refractivity contribution >= 4 is 15.9 Å². The molecule has 1 aliphatic carbocycles. The lowest BCUT2D eigenvalue weighted by atomic mass is 9.95. The number of likely N-dealkylation sites (tertiary alicyclic amines) is 1. The van der Waals surface area contributed by atoms with E-state index in [2.05, 4.69) is 10.2 Å². The fourth-order valence-electron chi connectivity index (χ4n) is 4.12. The highest BCUT2D eigenvalue weighted by atomic mass is 32.2. The van der Waals surface area contributed by atoms with Gasteiger partial charge in [-0.05, 0) is 69.0 Å². The van der Waals surface area contributed by atoms with Crippen LogP contribution in [0, 0.1) is 5.92 Å². The number of nitrogens with zero attached hydrogens (tertiary/aromatic N) is 2. The number of amides is 1. The van der Waals surface area contributed by atoms with Crippen LogP contribution in [-0.2, 0) is 10.0 Å². The maximum absolute atomic E-state index is 12.4. The normalized spacial score (nSPS) is 20.3. The second-order valence-corrected chi connectivity index (χ2v) is 10.1. The fraction of sp³-hybridized carbons (Fsp3) is 0.650. The molecule has 3 rings (SSSR count). The van der Waals surface area contributed by atoms with Crippen molar-refractivity contribution in [1.29, 1.82) is 0 Å². The molecular weight excluding hydrogens is 362 g/mol. The minimum atomic E-state index is -3.46. The Kier molecular flexibility index (Phi) is 6.55. The summed E-state index contributed by atoms with van der Waals surface area (Å²) in [6.07, 6.45) is 7.71. The van der Waals surface area contributed by atoms with Gasteiger partial charge in [-0.1, -0.05) is 12.8 Å². The van der Waals surface area contributed by atoms with Crippen molar-refractivity contribution in [3.8, 4) is 0 Å². The van der Waals surface area contributed by atoms with Gasteiger partial charge in [0.2, 0.25) is 10.0 Å². The molecule has 0 bridgehead atoms. The maximum Gasteiger partial charge on any atom is 0.251 e. The standard InChI is InChI=1S/C20H31N3O3S/c1-22(2)27(25,26)19-9-7-17(8-10-19)20(24)21-15-16-11-13-23(14-12-16)18-5-3-4-6-18/h7-10,16,18H,3-6,11-15H2,1-2H3,(H,21,24). The Balaban J connectivity index is 1.47. The lowest BCUT2D eigenvalue weighted by molar-refractivity contribution is 0.0924. The zero-order chi connectivity index (χ0) is 19.4. The van der Waals surface area contributed by atoms with Crippen molar-refractivity contribution in [2.24, 2.45) is 5.92 Å². The molecule has 1 saturated carbocycles. The van der Waals surface area contributed by atoms with E-state index in [1.54, 1.807) is 12.1 Å². The lowest BCUT2D eigenvalue weighted by Gasteiger charge is -2.36. The first kappa shape index (κ1) is 20.3. The molecule has 2 fully saturated rings. The predicted octanol–water partition coefficient (Wildman–Crippen LogP) is 2.32. The average molecular weight is 394 g/mol. The zero-order valence-electron chi connectivity index (χ0n) is 16.4. The van der Waals surface area contributed by atoms with Crippen molar-refractivity contribution < 1.29 is 13.2 Å². The Morgan fingerprint density at radius 1 is 1.07 bits per heavy atom. The molecule has 150 valence electrons. The van der Waals surface area contributed by atoms with Gasteiger partial charge in [-0.25, -0.2) is 12.7 Å². The Hall–Kier alpha value is -1.44. The third-order valence-electron chi connectivity index (χ3n) is 5.94. The summed E-state index contributed by atoms with van der Waals surface area (Å²) in [5.74, 6) is 0.391. The van der Waals surface area contributed by atoms with Crippen LogP contribution in [0.1, 0.15) is 48.9 Å². The topological polar surface area (TPSA) is 69.7 Å². The molecule has 1 heterocycles. The summed E-state index contributed by atoms with van der Waals surface area (Å²) >= 11 is 0.